The van der Waals surface area contributed by atoms with Gasteiger partial charge in [0.2, 0.25) is 0 Å². The first kappa shape index (κ1) is 28.1. The fourth-order valence-corrected chi connectivity index (χ4v) is 8.16. The number of allylic oxidation sites excluding steroid dienone is 1. The number of hydrogen-bond donors (Lipinski definition) is 1. The molecule has 0 aromatic rings. The van der Waals surface area contributed by atoms with Gasteiger partial charge in [0.15, 0.2) is 0 Å². The largest absolute Gasteiger partial charge is 1.00 e. The molecule has 30 heavy (non-hydrogen) atoms. The number of hydrogen-bond acceptors (Lipinski definition) is 1. The fourth-order valence-electron chi connectivity index (χ4n) is 8.16. The molecule has 8 atom stereocenters. The van der Waals surface area contributed by atoms with Crippen molar-refractivity contribution in [2.45, 2.75) is 110 Å². The van der Waals surface area contributed by atoms with Crippen molar-refractivity contribution in [1.29, 1.82) is 0 Å². The van der Waals surface area contributed by atoms with Crippen molar-refractivity contribution in [3.63, 3.8) is 0 Å². The van der Waals surface area contributed by atoms with Gasteiger partial charge >= 0.3 is 68.9 Å². The molecule has 1 N–H and O–H groups in total. The van der Waals surface area contributed by atoms with Gasteiger partial charge < -0.3 is 12.5 Å². The van der Waals surface area contributed by atoms with E-state index in [9.17, 15) is 5.11 Å². The van der Waals surface area contributed by atoms with Crippen LogP contribution in [0, 0.1) is 47.8 Å². The zero-order valence-corrected chi connectivity index (χ0v) is 27.2. The summed E-state index contributed by atoms with van der Waals surface area (Å²) in [5.74, 6) is 4.60. The molecule has 4 aliphatic rings. The third-order valence-corrected chi connectivity index (χ3v) is 10.2. The average Bonchev–Trinajstić information content (AvgIpc) is 2.99. The zero-order valence-electron chi connectivity index (χ0n) is 20.9. The summed E-state index contributed by atoms with van der Waals surface area (Å²) in [5, 5.41) is 10.2. The minimum Gasteiger partial charge on any atom is -0.393 e. The van der Waals surface area contributed by atoms with Crippen LogP contribution in [0.3, 0.4) is 0 Å². The third kappa shape index (κ3) is 5.08. The summed E-state index contributed by atoms with van der Waals surface area (Å²) in [6.07, 6.45) is 16.6. The summed E-state index contributed by atoms with van der Waals surface area (Å²) in [6, 6.07) is 0. The molecule has 0 aromatic heterocycles. The first-order valence-electron chi connectivity index (χ1n) is 12.4. The summed E-state index contributed by atoms with van der Waals surface area (Å²) in [4.78, 5) is 0. The maximum atomic E-state index is 10.2. The molecule has 3 saturated carbocycles. The van der Waals surface area contributed by atoms with Crippen LogP contribution in [0.4, 0.5) is 0 Å². The van der Waals surface area contributed by atoms with Crippen LogP contribution in [-0.2, 0) is 0 Å². The molecule has 1 nitrogen and oxygen atoms in total. The molecule has 8 unspecified atom stereocenters. The molecule has 2 radical (unpaired) electrons. The van der Waals surface area contributed by atoms with Crippen molar-refractivity contribution in [1.82, 2.24) is 0 Å². The topological polar surface area (TPSA) is 20.2 Å². The second kappa shape index (κ2) is 11.0. The minimum absolute atomic E-state index is 0. The second-order valence-corrected chi connectivity index (χ2v) is 11.8. The van der Waals surface area contributed by atoms with Gasteiger partial charge in [-0.2, -0.15) is 0 Å². The minimum atomic E-state index is -0.0854. The van der Waals surface area contributed by atoms with Crippen molar-refractivity contribution in [3.8, 4) is 0 Å². The predicted octanol–water partition coefficient (Wildman–Crippen LogP) is 4.16. The molecule has 0 saturated heterocycles. The molecule has 0 amide bonds. The first-order valence-corrected chi connectivity index (χ1v) is 12.4. The SMILES string of the molecule is [B]C(CCCC1CCC2C3CC=C4CC(O)CCC4(C)C3CCC12C)C(C)C.[CH3-].[Cs+]. The Labute approximate surface area is 248 Å². The predicted molar refractivity (Wildman–Crippen MR) is 126 cm³/mol. The van der Waals surface area contributed by atoms with Crippen molar-refractivity contribution in [2.75, 3.05) is 0 Å². The quantitative estimate of drug-likeness (QED) is 0.322. The van der Waals surface area contributed by atoms with Crippen LogP contribution in [0.15, 0.2) is 11.6 Å². The Hall–Kier alpha value is 1.82. The average molecular weight is 530 g/mol. The number of aliphatic hydroxyl groups is 1. The Balaban J connectivity index is 0.00000160. The van der Waals surface area contributed by atoms with Crippen molar-refractivity contribution < 1.29 is 74.0 Å². The van der Waals surface area contributed by atoms with E-state index in [0.29, 0.717) is 22.6 Å². The summed E-state index contributed by atoms with van der Waals surface area (Å²) in [6.45, 7) is 9.72. The van der Waals surface area contributed by atoms with E-state index in [4.69, 9.17) is 7.85 Å². The van der Waals surface area contributed by atoms with Crippen LogP contribution in [0.2, 0.25) is 5.82 Å². The second-order valence-electron chi connectivity index (χ2n) is 11.8. The molecule has 0 spiro atoms. The summed E-state index contributed by atoms with van der Waals surface area (Å²) in [5.41, 5.74) is 2.55. The molecule has 164 valence electrons. The molecule has 0 bridgehead atoms. The molecule has 0 aromatic carbocycles. The fraction of sp³-hybridized carbons (Fsp3) is 0.889. The van der Waals surface area contributed by atoms with Gasteiger partial charge in [-0.05, 0) is 92.3 Å². The maximum absolute atomic E-state index is 10.2. The van der Waals surface area contributed by atoms with Gasteiger partial charge in [-0.15, -0.1) is 0 Å². The number of fused-ring (bicyclic) bond motifs is 5. The van der Waals surface area contributed by atoms with Gasteiger partial charge in [-0.3, -0.25) is 0 Å². The monoisotopic (exact) mass is 530 g/mol. The molecular weight excluding hydrogens is 484 g/mol. The van der Waals surface area contributed by atoms with Crippen molar-refractivity contribution in [2.24, 2.45) is 40.4 Å². The van der Waals surface area contributed by atoms with Crippen LogP contribution >= 0.6 is 0 Å². The Morgan fingerprint density at radius 3 is 2.53 bits per heavy atom. The Bertz CT molecular complexity index is 604. The van der Waals surface area contributed by atoms with Crippen molar-refractivity contribution >= 4 is 7.85 Å². The summed E-state index contributed by atoms with van der Waals surface area (Å²) in [7, 11) is 6.32. The normalized spacial score (nSPS) is 43.4. The van der Waals surface area contributed by atoms with Gasteiger partial charge in [0, 0.05) is 0 Å². The third-order valence-electron chi connectivity index (χ3n) is 10.2. The Morgan fingerprint density at radius 1 is 1.10 bits per heavy atom. The van der Waals surface area contributed by atoms with Gasteiger partial charge in [-0.25, -0.2) is 0 Å². The van der Waals surface area contributed by atoms with Gasteiger partial charge in [-0.1, -0.05) is 63.9 Å². The van der Waals surface area contributed by atoms with E-state index >= 15 is 0 Å². The molecule has 0 aliphatic heterocycles. The van der Waals surface area contributed by atoms with Crippen LogP contribution in [0.25, 0.3) is 0 Å². The number of aliphatic hydroxyl groups excluding tert-OH is 1. The Kier molecular flexibility index (Phi) is 10.3. The molecule has 4 rings (SSSR count). The molecular formula is C27H46BCsO. The van der Waals surface area contributed by atoms with Crippen LogP contribution in [0.1, 0.15) is 98.3 Å². The molecule has 3 fully saturated rings. The van der Waals surface area contributed by atoms with E-state index in [1.54, 1.807) is 5.57 Å². The molecule has 3 heteroatoms. The maximum Gasteiger partial charge on any atom is 1.00 e. The van der Waals surface area contributed by atoms with E-state index in [1.807, 2.05) is 0 Å². The van der Waals surface area contributed by atoms with E-state index in [1.165, 1.54) is 57.8 Å². The van der Waals surface area contributed by atoms with Crippen molar-refractivity contribution in [3.05, 3.63) is 19.1 Å². The smallest absolute Gasteiger partial charge is 0.393 e. The summed E-state index contributed by atoms with van der Waals surface area (Å²) >= 11 is 0. The summed E-state index contributed by atoms with van der Waals surface area (Å²) < 4.78 is 0. The van der Waals surface area contributed by atoms with E-state index in [0.717, 1.165) is 36.5 Å². The Morgan fingerprint density at radius 2 is 1.83 bits per heavy atom. The first-order chi connectivity index (χ1) is 13.3. The van der Waals surface area contributed by atoms with E-state index < -0.39 is 0 Å². The molecule has 4 aliphatic carbocycles. The standard InChI is InChI=1S/C26H43BO.CH3.Cs/c1-17(2)24(27)7-5-6-18-9-11-22-21-10-8-19-16-20(28)12-14-26(19,4)23(21)13-15-25(18,22)3;;/h8,17-18,20-24,28H,5-7,9-16H2,1-4H3;1H3;/q;-1;+1. The van der Waals surface area contributed by atoms with E-state index in [2.05, 4.69) is 33.8 Å². The van der Waals surface area contributed by atoms with Gasteiger partial charge in [0.25, 0.3) is 0 Å². The van der Waals surface area contributed by atoms with Crippen LogP contribution in [-0.4, -0.2) is 19.1 Å². The number of rotatable bonds is 5. The van der Waals surface area contributed by atoms with Gasteiger partial charge in [0.1, 0.15) is 0 Å². The van der Waals surface area contributed by atoms with E-state index in [-0.39, 0.29) is 82.4 Å². The van der Waals surface area contributed by atoms with Gasteiger partial charge in [0.05, 0.1) is 14.0 Å². The van der Waals surface area contributed by atoms with Crippen LogP contribution in [0.5, 0.6) is 0 Å². The zero-order chi connectivity index (χ0) is 20.1. The molecule has 0 heterocycles. The van der Waals surface area contributed by atoms with Crippen LogP contribution < -0.4 is 68.9 Å².